The predicted molar refractivity (Wildman–Crippen MR) is 78.4 cm³/mol. The van der Waals surface area contributed by atoms with Crippen LogP contribution in [0.25, 0.3) is 10.9 Å². The summed E-state index contributed by atoms with van der Waals surface area (Å²) in [5.41, 5.74) is 0.0772. The number of nitrogens with zero attached hydrogens (tertiary/aromatic N) is 4. The fraction of sp³-hybridized carbons (Fsp3) is 0.214. The smallest absolute Gasteiger partial charge is 0.324 e. The SMILES string of the molecule is O=c1c2cc(Cl)ccc2ncn1Cc1nccn1CC(F)(F)F. The van der Waals surface area contributed by atoms with Gasteiger partial charge in [0, 0.05) is 17.4 Å². The Morgan fingerprint density at radius 3 is 2.70 bits per heavy atom. The topological polar surface area (TPSA) is 52.7 Å². The zero-order valence-corrected chi connectivity index (χ0v) is 12.3. The lowest BCUT2D eigenvalue weighted by molar-refractivity contribution is -0.141. The van der Waals surface area contributed by atoms with E-state index in [-0.39, 0.29) is 17.9 Å². The molecule has 2 aromatic heterocycles. The summed E-state index contributed by atoms with van der Waals surface area (Å²) < 4.78 is 39.7. The molecule has 0 amide bonds. The summed E-state index contributed by atoms with van der Waals surface area (Å²) in [5.74, 6) is 0.118. The van der Waals surface area contributed by atoms with Crippen molar-refractivity contribution >= 4 is 22.5 Å². The third kappa shape index (κ3) is 3.37. The van der Waals surface area contributed by atoms with Crippen molar-refractivity contribution in [3.63, 3.8) is 0 Å². The Balaban J connectivity index is 1.98. The summed E-state index contributed by atoms with van der Waals surface area (Å²) in [6.07, 6.45) is -0.600. The van der Waals surface area contributed by atoms with Gasteiger partial charge >= 0.3 is 6.18 Å². The number of hydrogen-bond acceptors (Lipinski definition) is 3. The lowest BCUT2D eigenvalue weighted by Crippen LogP contribution is -2.25. The molecule has 9 heteroatoms. The van der Waals surface area contributed by atoms with E-state index in [1.54, 1.807) is 12.1 Å². The van der Waals surface area contributed by atoms with Crippen molar-refractivity contribution in [2.75, 3.05) is 0 Å². The van der Waals surface area contributed by atoms with Gasteiger partial charge in [-0.1, -0.05) is 11.6 Å². The van der Waals surface area contributed by atoms with Gasteiger partial charge in [-0.15, -0.1) is 0 Å². The van der Waals surface area contributed by atoms with E-state index >= 15 is 0 Å². The second kappa shape index (κ2) is 5.69. The molecule has 0 aliphatic rings. The molecule has 3 aromatic rings. The molecule has 23 heavy (non-hydrogen) atoms. The van der Waals surface area contributed by atoms with Crippen molar-refractivity contribution in [2.24, 2.45) is 0 Å². The molecule has 0 fully saturated rings. The van der Waals surface area contributed by atoms with Crippen LogP contribution in [0.3, 0.4) is 0 Å². The van der Waals surface area contributed by atoms with Crippen LogP contribution in [0.15, 0.2) is 41.7 Å². The summed E-state index contributed by atoms with van der Waals surface area (Å²) in [4.78, 5) is 20.4. The Labute approximate surface area is 133 Å². The normalized spacial score (nSPS) is 12.0. The highest BCUT2D eigenvalue weighted by atomic mass is 35.5. The molecule has 120 valence electrons. The van der Waals surface area contributed by atoms with Gasteiger partial charge in [0.15, 0.2) is 0 Å². The van der Waals surface area contributed by atoms with Crippen LogP contribution in [0.1, 0.15) is 5.82 Å². The summed E-state index contributed by atoms with van der Waals surface area (Å²) in [6, 6.07) is 4.69. The zero-order chi connectivity index (χ0) is 16.6. The second-order valence-electron chi connectivity index (χ2n) is 4.93. The Kier molecular flexibility index (Phi) is 3.85. The molecule has 0 bridgehead atoms. The Morgan fingerprint density at radius 2 is 1.96 bits per heavy atom. The van der Waals surface area contributed by atoms with Crippen molar-refractivity contribution in [2.45, 2.75) is 19.3 Å². The summed E-state index contributed by atoms with van der Waals surface area (Å²) >= 11 is 5.87. The first-order chi connectivity index (χ1) is 10.8. The maximum atomic E-state index is 12.5. The predicted octanol–water partition coefficient (Wildman–Crippen LogP) is 2.86. The molecule has 0 spiro atoms. The number of hydrogen-bond donors (Lipinski definition) is 0. The van der Waals surface area contributed by atoms with E-state index in [0.717, 1.165) is 4.57 Å². The van der Waals surface area contributed by atoms with Crippen LogP contribution in [0, 0.1) is 0 Å². The first kappa shape index (κ1) is 15.5. The fourth-order valence-corrected chi connectivity index (χ4v) is 2.40. The summed E-state index contributed by atoms with van der Waals surface area (Å²) in [7, 11) is 0. The highest BCUT2D eigenvalue weighted by molar-refractivity contribution is 6.31. The first-order valence-corrected chi connectivity index (χ1v) is 6.93. The average Bonchev–Trinajstić information content (AvgIpc) is 2.87. The molecular formula is C14H10ClF3N4O. The fourth-order valence-electron chi connectivity index (χ4n) is 2.22. The van der Waals surface area contributed by atoms with Crippen molar-refractivity contribution in [3.05, 3.63) is 58.1 Å². The minimum atomic E-state index is -4.37. The minimum absolute atomic E-state index is 0.114. The molecule has 0 unspecified atom stereocenters. The van der Waals surface area contributed by atoms with Gasteiger partial charge in [-0.05, 0) is 18.2 Å². The molecule has 1 aromatic carbocycles. The zero-order valence-electron chi connectivity index (χ0n) is 11.6. The van der Waals surface area contributed by atoms with Crippen LogP contribution < -0.4 is 5.56 Å². The molecule has 0 saturated carbocycles. The highest BCUT2D eigenvalue weighted by Crippen LogP contribution is 2.19. The maximum absolute atomic E-state index is 12.5. The molecule has 5 nitrogen and oxygen atoms in total. The molecule has 2 heterocycles. The van der Waals surface area contributed by atoms with Crippen molar-refractivity contribution in [3.8, 4) is 0 Å². The highest BCUT2D eigenvalue weighted by Gasteiger charge is 2.28. The van der Waals surface area contributed by atoms with Crippen LogP contribution in [0.2, 0.25) is 5.02 Å². The summed E-state index contributed by atoms with van der Waals surface area (Å²) in [6.45, 7) is -1.28. The molecule has 0 aliphatic heterocycles. The second-order valence-corrected chi connectivity index (χ2v) is 5.36. The van der Waals surface area contributed by atoms with E-state index in [4.69, 9.17) is 11.6 Å². The minimum Gasteiger partial charge on any atom is -0.324 e. The molecule has 0 saturated heterocycles. The van der Waals surface area contributed by atoms with Crippen LogP contribution in [0.4, 0.5) is 13.2 Å². The third-order valence-electron chi connectivity index (χ3n) is 3.25. The standard InChI is InChI=1S/C14H10ClF3N4O/c15-9-1-2-11-10(5-9)13(23)22(8-20-11)6-12-19-3-4-21(12)7-14(16,17)18/h1-5,8H,6-7H2. The Bertz CT molecular complexity index is 916. The van der Waals surface area contributed by atoms with Gasteiger partial charge in [0.2, 0.25) is 0 Å². The van der Waals surface area contributed by atoms with Gasteiger partial charge in [0.05, 0.1) is 23.8 Å². The van der Waals surface area contributed by atoms with E-state index in [1.165, 1.54) is 29.4 Å². The Hall–Kier alpha value is -2.35. The number of alkyl halides is 3. The number of fused-ring (bicyclic) bond motifs is 1. The molecule has 0 atom stereocenters. The number of halogens is 4. The van der Waals surface area contributed by atoms with Gasteiger partial charge in [-0.3, -0.25) is 9.36 Å². The lowest BCUT2D eigenvalue weighted by atomic mass is 10.2. The first-order valence-electron chi connectivity index (χ1n) is 6.55. The van der Waals surface area contributed by atoms with Crippen LogP contribution in [0.5, 0.6) is 0 Å². The number of rotatable bonds is 3. The van der Waals surface area contributed by atoms with Gasteiger partial charge in [0.1, 0.15) is 12.4 Å². The van der Waals surface area contributed by atoms with Crippen LogP contribution in [-0.2, 0) is 13.1 Å². The molecule has 3 rings (SSSR count). The van der Waals surface area contributed by atoms with Crippen molar-refractivity contribution < 1.29 is 13.2 Å². The van der Waals surface area contributed by atoms with E-state index in [0.29, 0.717) is 15.9 Å². The van der Waals surface area contributed by atoms with E-state index in [2.05, 4.69) is 9.97 Å². The van der Waals surface area contributed by atoms with Crippen molar-refractivity contribution in [1.29, 1.82) is 0 Å². The quantitative estimate of drug-likeness (QED) is 0.735. The van der Waals surface area contributed by atoms with Gasteiger partial charge in [0.25, 0.3) is 5.56 Å². The van der Waals surface area contributed by atoms with Crippen LogP contribution in [-0.4, -0.2) is 25.3 Å². The number of benzene rings is 1. The summed E-state index contributed by atoms with van der Waals surface area (Å²) in [5, 5.41) is 0.682. The largest absolute Gasteiger partial charge is 0.406 e. The molecular weight excluding hydrogens is 333 g/mol. The lowest BCUT2D eigenvalue weighted by Gasteiger charge is -2.12. The maximum Gasteiger partial charge on any atom is 0.406 e. The monoisotopic (exact) mass is 342 g/mol. The number of aromatic nitrogens is 4. The molecule has 0 N–H and O–H groups in total. The molecule has 0 aliphatic carbocycles. The van der Waals surface area contributed by atoms with Gasteiger partial charge < -0.3 is 4.57 Å². The average molecular weight is 343 g/mol. The molecule has 0 radical (unpaired) electrons. The van der Waals surface area contributed by atoms with E-state index in [1.807, 2.05) is 0 Å². The van der Waals surface area contributed by atoms with Gasteiger partial charge in [-0.25, -0.2) is 9.97 Å². The number of imidazole rings is 1. The third-order valence-corrected chi connectivity index (χ3v) is 3.48. The van der Waals surface area contributed by atoms with Gasteiger partial charge in [-0.2, -0.15) is 13.2 Å². The van der Waals surface area contributed by atoms with E-state index in [9.17, 15) is 18.0 Å². The Morgan fingerprint density at radius 1 is 1.17 bits per heavy atom. The van der Waals surface area contributed by atoms with Crippen molar-refractivity contribution in [1.82, 2.24) is 19.1 Å². The van der Waals surface area contributed by atoms with Crippen LogP contribution >= 0.6 is 11.6 Å². The van der Waals surface area contributed by atoms with E-state index < -0.39 is 12.7 Å².